The van der Waals surface area contributed by atoms with Gasteiger partial charge in [-0.2, -0.15) is 0 Å². The van der Waals surface area contributed by atoms with E-state index in [1.165, 1.54) is 5.56 Å². The number of hydrogen-bond donors (Lipinski definition) is 4. The van der Waals surface area contributed by atoms with E-state index in [1.807, 2.05) is 36.4 Å². The lowest BCUT2D eigenvalue weighted by atomic mass is 9.87. The molecule has 0 heterocycles. The van der Waals surface area contributed by atoms with Crippen molar-refractivity contribution in [3.8, 4) is 0 Å². The molecule has 1 aliphatic rings. The lowest BCUT2D eigenvalue weighted by molar-refractivity contribution is -0.137. The van der Waals surface area contributed by atoms with Gasteiger partial charge < -0.3 is 20.4 Å². The van der Waals surface area contributed by atoms with Gasteiger partial charge in [-0.15, -0.1) is 0 Å². The van der Waals surface area contributed by atoms with Crippen LogP contribution >= 0.6 is 0 Å². The molecule has 1 aliphatic carbocycles. The first-order valence-corrected chi connectivity index (χ1v) is 11.6. The van der Waals surface area contributed by atoms with Gasteiger partial charge in [0.05, 0.1) is 18.3 Å². The van der Waals surface area contributed by atoms with Gasteiger partial charge in [-0.05, 0) is 49.5 Å². The molecule has 0 spiro atoms. The SMILES string of the molecule is CCCC(C[C@@H](O)/C=C/C1[C@H](O)C[C@H](O)[C@@H]1C/C=C\CCCC(=O)O)c1ccccc1. The van der Waals surface area contributed by atoms with Gasteiger partial charge in [0.15, 0.2) is 0 Å². The molecule has 0 radical (unpaired) electrons. The minimum Gasteiger partial charge on any atom is -0.481 e. The van der Waals surface area contributed by atoms with Crippen molar-refractivity contribution in [3.63, 3.8) is 0 Å². The Morgan fingerprint density at radius 3 is 2.58 bits per heavy atom. The standard InChI is InChI=1S/C26H38O5/c1-2-10-20(19-11-6-5-7-12-19)17-21(27)15-16-23-22(24(28)18-25(23)29)13-8-3-4-9-14-26(30)31/h3,5-8,11-12,15-16,20-25,27-29H,2,4,9-10,13-14,17-18H2,1H3,(H,30,31)/b8-3-,16-15+/t20?,21-,22+,23?,24-,25+/m0/s1. The maximum atomic E-state index is 10.6. The van der Waals surface area contributed by atoms with Crippen molar-refractivity contribution < 1.29 is 25.2 Å². The van der Waals surface area contributed by atoms with Crippen LogP contribution in [-0.4, -0.2) is 44.7 Å². The van der Waals surface area contributed by atoms with Crippen LogP contribution in [0.4, 0.5) is 0 Å². The van der Waals surface area contributed by atoms with Crippen LogP contribution in [-0.2, 0) is 4.79 Å². The molecule has 5 heteroatoms. The van der Waals surface area contributed by atoms with Crippen molar-refractivity contribution in [1.82, 2.24) is 0 Å². The Bertz CT molecular complexity index is 699. The monoisotopic (exact) mass is 430 g/mol. The fraction of sp³-hybridized carbons (Fsp3) is 0.577. The van der Waals surface area contributed by atoms with Crippen molar-refractivity contribution in [2.75, 3.05) is 0 Å². The molecule has 0 bridgehead atoms. The molecule has 0 amide bonds. The quantitative estimate of drug-likeness (QED) is 0.274. The molecule has 172 valence electrons. The van der Waals surface area contributed by atoms with Gasteiger partial charge >= 0.3 is 5.97 Å². The van der Waals surface area contributed by atoms with Gasteiger partial charge in [-0.1, -0.05) is 68.0 Å². The van der Waals surface area contributed by atoms with Crippen LogP contribution in [0.1, 0.15) is 69.8 Å². The molecule has 0 saturated heterocycles. The molecule has 31 heavy (non-hydrogen) atoms. The summed E-state index contributed by atoms with van der Waals surface area (Å²) in [5, 5.41) is 40.1. The highest BCUT2D eigenvalue weighted by Crippen LogP contribution is 2.36. The highest BCUT2D eigenvalue weighted by molar-refractivity contribution is 5.66. The summed E-state index contributed by atoms with van der Waals surface area (Å²) in [5.41, 5.74) is 1.24. The van der Waals surface area contributed by atoms with Gasteiger partial charge in [0.2, 0.25) is 0 Å². The number of aliphatic hydroxyl groups is 3. The second-order valence-electron chi connectivity index (χ2n) is 8.69. The second kappa shape index (κ2) is 13.5. The fourth-order valence-corrected chi connectivity index (χ4v) is 4.57. The Morgan fingerprint density at radius 1 is 1.16 bits per heavy atom. The molecular formula is C26H38O5. The van der Waals surface area contributed by atoms with Crippen molar-refractivity contribution >= 4 is 5.97 Å². The lowest BCUT2D eigenvalue weighted by Crippen LogP contribution is -2.20. The van der Waals surface area contributed by atoms with E-state index in [0.717, 1.165) is 12.8 Å². The molecule has 1 aromatic rings. The molecule has 1 aromatic carbocycles. The Morgan fingerprint density at radius 2 is 1.90 bits per heavy atom. The molecule has 2 rings (SSSR count). The average molecular weight is 431 g/mol. The van der Waals surface area contributed by atoms with Gasteiger partial charge in [-0.25, -0.2) is 0 Å². The van der Waals surface area contributed by atoms with Crippen LogP contribution in [0.3, 0.4) is 0 Å². The molecule has 5 nitrogen and oxygen atoms in total. The van der Waals surface area contributed by atoms with E-state index in [-0.39, 0.29) is 24.2 Å². The number of benzene rings is 1. The van der Waals surface area contributed by atoms with Crippen LogP contribution in [0, 0.1) is 11.8 Å². The summed E-state index contributed by atoms with van der Waals surface area (Å²) in [6, 6.07) is 10.3. The molecule has 6 atom stereocenters. The highest BCUT2D eigenvalue weighted by atomic mass is 16.4. The van der Waals surface area contributed by atoms with Crippen molar-refractivity contribution in [2.24, 2.45) is 11.8 Å². The number of carbonyl (C=O) groups is 1. The molecule has 0 aromatic heterocycles. The topological polar surface area (TPSA) is 98.0 Å². The maximum absolute atomic E-state index is 10.6. The zero-order valence-electron chi connectivity index (χ0n) is 18.5. The number of carboxylic acids is 1. The van der Waals surface area contributed by atoms with Crippen molar-refractivity contribution in [1.29, 1.82) is 0 Å². The van der Waals surface area contributed by atoms with E-state index in [1.54, 1.807) is 6.08 Å². The zero-order valence-corrected chi connectivity index (χ0v) is 18.5. The predicted molar refractivity (Wildman–Crippen MR) is 123 cm³/mol. The number of carboxylic acid groups (broad SMARTS) is 1. The van der Waals surface area contributed by atoms with Crippen LogP contribution in [0.25, 0.3) is 0 Å². The summed E-state index contributed by atoms with van der Waals surface area (Å²) in [4.78, 5) is 10.6. The number of unbranched alkanes of at least 4 members (excludes halogenated alkanes) is 1. The molecule has 0 aliphatic heterocycles. The van der Waals surface area contributed by atoms with E-state index in [4.69, 9.17) is 5.11 Å². The number of rotatable bonds is 13. The minimum atomic E-state index is -0.792. The van der Waals surface area contributed by atoms with Crippen LogP contribution in [0.2, 0.25) is 0 Å². The molecule has 2 unspecified atom stereocenters. The Labute approximate surface area is 186 Å². The number of aliphatic carboxylic acids is 1. The van der Waals surface area contributed by atoms with E-state index >= 15 is 0 Å². The Hall–Kier alpha value is -1.95. The van der Waals surface area contributed by atoms with Crippen molar-refractivity contribution in [3.05, 3.63) is 60.2 Å². The molecule has 1 fully saturated rings. The van der Waals surface area contributed by atoms with Gasteiger partial charge in [-0.3, -0.25) is 4.79 Å². The van der Waals surface area contributed by atoms with Crippen LogP contribution in [0.15, 0.2) is 54.6 Å². The Kier molecular flexibility index (Phi) is 11.0. The summed E-state index contributed by atoms with van der Waals surface area (Å²) in [6.07, 6.45) is 10.9. The molecular weight excluding hydrogens is 392 g/mol. The van der Waals surface area contributed by atoms with Crippen LogP contribution in [0.5, 0.6) is 0 Å². The molecule has 4 N–H and O–H groups in total. The first kappa shape index (κ1) is 25.3. The number of hydrogen-bond acceptors (Lipinski definition) is 4. The van der Waals surface area contributed by atoms with E-state index in [2.05, 4.69) is 19.1 Å². The maximum Gasteiger partial charge on any atom is 0.303 e. The Balaban J connectivity index is 1.92. The third-order valence-corrected chi connectivity index (χ3v) is 6.24. The van der Waals surface area contributed by atoms with Crippen molar-refractivity contribution in [2.45, 2.75) is 82.5 Å². The molecule has 1 saturated carbocycles. The first-order valence-electron chi connectivity index (χ1n) is 11.6. The van der Waals surface area contributed by atoms with E-state index in [9.17, 15) is 20.1 Å². The lowest BCUT2D eigenvalue weighted by Gasteiger charge is -2.21. The van der Waals surface area contributed by atoms with E-state index < -0.39 is 24.3 Å². The first-order chi connectivity index (χ1) is 14.9. The normalized spacial score (nSPS) is 25.9. The fourth-order valence-electron chi connectivity index (χ4n) is 4.57. The number of aliphatic hydroxyl groups excluding tert-OH is 3. The minimum absolute atomic E-state index is 0.102. The second-order valence-corrected chi connectivity index (χ2v) is 8.69. The summed E-state index contributed by atoms with van der Waals surface area (Å²) < 4.78 is 0. The van der Waals surface area contributed by atoms with Gasteiger partial charge in [0, 0.05) is 18.8 Å². The van der Waals surface area contributed by atoms with E-state index in [0.29, 0.717) is 32.1 Å². The third-order valence-electron chi connectivity index (χ3n) is 6.24. The number of allylic oxidation sites excluding steroid dienone is 2. The average Bonchev–Trinajstić information content (AvgIpc) is 3.01. The highest BCUT2D eigenvalue weighted by Gasteiger charge is 2.39. The summed E-state index contributed by atoms with van der Waals surface area (Å²) in [7, 11) is 0. The summed E-state index contributed by atoms with van der Waals surface area (Å²) >= 11 is 0. The summed E-state index contributed by atoms with van der Waals surface area (Å²) in [5.74, 6) is -0.807. The smallest absolute Gasteiger partial charge is 0.303 e. The summed E-state index contributed by atoms with van der Waals surface area (Å²) in [6.45, 7) is 2.15. The predicted octanol–water partition coefficient (Wildman–Crippen LogP) is 4.44. The van der Waals surface area contributed by atoms with Crippen LogP contribution < -0.4 is 0 Å². The van der Waals surface area contributed by atoms with Gasteiger partial charge in [0.1, 0.15) is 0 Å². The third kappa shape index (κ3) is 8.60. The van der Waals surface area contributed by atoms with Gasteiger partial charge in [0.25, 0.3) is 0 Å². The zero-order chi connectivity index (χ0) is 22.6. The largest absolute Gasteiger partial charge is 0.481 e.